The molecule has 4 rings (SSSR count). The summed E-state index contributed by atoms with van der Waals surface area (Å²) in [5.74, 6) is -0.616. The van der Waals surface area contributed by atoms with Crippen molar-refractivity contribution in [2.45, 2.75) is 6.92 Å². The molecule has 0 fully saturated rings. The molecule has 5 nitrogen and oxygen atoms in total. The minimum Gasteiger partial charge on any atom is -0.462 e. The Morgan fingerprint density at radius 3 is 2.71 bits per heavy atom. The summed E-state index contributed by atoms with van der Waals surface area (Å²) in [5, 5.41) is 0.432. The van der Waals surface area contributed by atoms with Gasteiger partial charge in [0.25, 0.3) is 0 Å². The van der Waals surface area contributed by atoms with Crippen LogP contribution in [-0.4, -0.2) is 21.5 Å². The number of hydrogen-bond donors (Lipinski definition) is 0. The van der Waals surface area contributed by atoms with E-state index in [9.17, 15) is 9.59 Å². The first kappa shape index (κ1) is 15.2. The third-order valence-corrected chi connectivity index (χ3v) is 5.32. The fraction of sp³-hybridized carbons (Fsp3) is 0.176. The second-order valence-electron chi connectivity index (χ2n) is 5.40. The van der Waals surface area contributed by atoms with Gasteiger partial charge in [-0.25, -0.2) is 4.79 Å². The maximum Gasteiger partial charge on any atom is 0.345 e. The van der Waals surface area contributed by atoms with Gasteiger partial charge in [0.15, 0.2) is 0 Å². The number of esters is 1. The van der Waals surface area contributed by atoms with E-state index in [-0.39, 0.29) is 17.6 Å². The van der Waals surface area contributed by atoms with Crippen molar-refractivity contribution >= 4 is 55.8 Å². The first-order chi connectivity index (χ1) is 11.5. The van der Waals surface area contributed by atoms with Crippen molar-refractivity contribution in [1.29, 1.82) is 0 Å². The number of carbonyl (C=O) groups excluding carboxylic acids is 1. The van der Waals surface area contributed by atoms with Gasteiger partial charge in [-0.15, -0.1) is 11.3 Å². The van der Waals surface area contributed by atoms with Crippen LogP contribution in [0, 0.1) is 0 Å². The summed E-state index contributed by atoms with van der Waals surface area (Å²) in [6.45, 7) is 1.92. The molecule has 3 heterocycles. The Kier molecular flexibility index (Phi) is 3.40. The van der Waals surface area contributed by atoms with Crippen molar-refractivity contribution in [1.82, 2.24) is 8.97 Å². The van der Waals surface area contributed by atoms with Crippen LogP contribution in [0.15, 0.2) is 35.1 Å². The molecule has 0 atom stereocenters. The molecule has 4 aromatic rings. The number of thiophene rings is 1. The number of hydrogen-bond acceptors (Lipinski definition) is 4. The topological polar surface area (TPSA) is 52.7 Å². The molecule has 7 heteroatoms. The number of imidazole rings is 1. The van der Waals surface area contributed by atoms with E-state index >= 15 is 0 Å². The van der Waals surface area contributed by atoms with Crippen LogP contribution in [0.5, 0.6) is 0 Å². The largest absolute Gasteiger partial charge is 0.462 e. The number of halogens is 1. The lowest BCUT2D eigenvalue weighted by Gasteiger charge is -2.07. The van der Waals surface area contributed by atoms with Crippen molar-refractivity contribution < 1.29 is 9.53 Å². The quantitative estimate of drug-likeness (QED) is 0.510. The highest BCUT2D eigenvalue weighted by molar-refractivity contribution is 7.22. The lowest BCUT2D eigenvalue weighted by atomic mass is 10.2. The van der Waals surface area contributed by atoms with Crippen LogP contribution in [0.1, 0.15) is 17.3 Å². The Hall–Kier alpha value is -2.31. The van der Waals surface area contributed by atoms with E-state index in [1.165, 1.54) is 11.3 Å². The summed E-state index contributed by atoms with van der Waals surface area (Å²) >= 11 is 7.47. The molecule has 0 saturated carbocycles. The van der Waals surface area contributed by atoms with E-state index in [1.54, 1.807) is 13.0 Å². The van der Waals surface area contributed by atoms with Gasteiger partial charge < -0.3 is 9.30 Å². The standard InChI is InChI=1S/C17H13ClN2O3S/c1-3-23-17(22)13-14(21)9-8-12(18)24-16(9)20-11-7-5-4-6-10(11)19(2)15(13)20/h4-8H,3H2,1-2H3. The van der Waals surface area contributed by atoms with Crippen LogP contribution in [0.3, 0.4) is 0 Å². The Bertz CT molecular complexity index is 1190. The molecule has 0 bridgehead atoms. The lowest BCUT2D eigenvalue weighted by Crippen LogP contribution is -2.20. The van der Waals surface area contributed by atoms with E-state index < -0.39 is 5.97 Å². The van der Waals surface area contributed by atoms with Crippen LogP contribution >= 0.6 is 22.9 Å². The summed E-state index contributed by atoms with van der Waals surface area (Å²) in [6.07, 6.45) is 0. The third kappa shape index (κ3) is 1.93. The van der Waals surface area contributed by atoms with Gasteiger partial charge >= 0.3 is 5.97 Å². The average Bonchev–Trinajstić information content (AvgIpc) is 3.08. The summed E-state index contributed by atoms with van der Waals surface area (Å²) < 4.78 is 9.39. The van der Waals surface area contributed by atoms with Gasteiger partial charge in [-0.2, -0.15) is 0 Å². The molecule has 0 unspecified atom stereocenters. The molecular weight excluding hydrogens is 348 g/mol. The van der Waals surface area contributed by atoms with E-state index in [0.29, 0.717) is 15.4 Å². The van der Waals surface area contributed by atoms with E-state index in [1.807, 2.05) is 40.3 Å². The fourth-order valence-electron chi connectivity index (χ4n) is 3.10. The SMILES string of the molecule is CCOC(=O)c1c(=O)c2cc(Cl)sc2n2c3ccccc3n(C)c12. The predicted molar refractivity (Wildman–Crippen MR) is 96.5 cm³/mol. The number of fused-ring (bicyclic) bond motifs is 5. The minimum absolute atomic E-state index is 0.0394. The van der Waals surface area contributed by atoms with Crippen LogP contribution < -0.4 is 5.43 Å². The number of rotatable bonds is 2. The number of nitrogens with zero attached hydrogens (tertiary/aromatic N) is 2. The fourth-order valence-corrected chi connectivity index (χ4v) is 4.33. The molecule has 0 N–H and O–H groups in total. The monoisotopic (exact) mass is 360 g/mol. The van der Waals surface area contributed by atoms with Crippen molar-refractivity contribution in [3.05, 3.63) is 50.5 Å². The van der Waals surface area contributed by atoms with E-state index in [4.69, 9.17) is 16.3 Å². The predicted octanol–water partition coefficient (Wildman–Crippen LogP) is 3.84. The average molecular weight is 361 g/mol. The highest BCUT2D eigenvalue weighted by Crippen LogP contribution is 2.32. The van der Waals surface area contributed by atoms with E-state index in [2.05, 4.69) is 0 Å². The maximum atomic E-state index is 12.9. The van der Waals surface area contributed by atoms with Crippen molar-refractivity contribution in [3.63, 3.8) is 0 Å². The summed E-state index contributed by atoms with van der Waals surface area (Å²) in [6, 6.07) is 9.35. The molecule has 0 aliphatic heterocycles. The zero-order chi connectivity index (χ0) is 17.0. The summed E-state index contributed by atoms with van der Waals surface area (Å²) in [5.41, 5.74) is 2.03. The van der Waals surface area contributed by atoms with Gasteiger partial charge in [0, 0.05) is 7.05 Å². The van der Waals surface area contributed by atoms with Crippen molar-refractivity contribution in [2.24, 2.45) is 7.05 Å². The van der Waals surface area contributed by atoms with E-state index in [0.717, 1.165) is 15.9 Å². The number of aromatic nitrogens is 2. The summed E-state index contributed by atoms with van der Waals surface area (Å²) in [4.78, 5) is 26.1. The Labute approximate surface area is 145 Å². The zero-order valence-electron chi connectivity index (χ0n) is 13.0. The first-order valence-corrected chi connectivity index (χ1v) is 8.62. The number of para-hydroxylation sites is 2. The van der Waals surface area contributed by atoms with Crippen molar-refractivity contribution in [3.8, 4) is 0 Å². The van der Waals surface area contributed by atoms with Gasteiger partial charge in [-0.1, -0.05) is 23.7 Å². The highest BCUT2D eigenvalue weighted by Gasteiger charge is 2.25. The molecule has 122 valence electrons. The molecule has 0 spiro atoms. The number of aryl methyl sites for hydroxylation is 1. The molecule has 0 saturated heterocycles. The highest BCUT2D eigenvalue weighted by atomic mass is 35.5. The van der Waals surface area contributed by atoms with Gasteiger partial charge in [-0.05, 0) is 25.1 Å². The van der Waals surface area contributed by atoms with Crippen LogP contribution in [0.4, 0.5) is 0 Å². The molecule has 0 aliphatic carbocycles. The van der Waals surface area contributed by atoms with Crippen molar-refractivity contribution in [2.75, 3.05) is 6.61 Å². The van der Waals surface area contributed by atoms with Gasteiger partial charge in [0.1, 0.15) is 16.0 Å². The Morgan fingerprint density at radius 1 is 1.29 bits per heavy atom. The molecule has 24 heavy (non-hydrogen) atoms. The molecular formula is C17H13ClN2O3S. The third-order valence-electron chi connectivity index (χ3n) is 4.07. The normalized spacial score (nSPS) is 11.6. The van der Waals surface area contributed by atoms with Gasteiger partial charge in [-0.3, -0.25) is 9.20 Å². The smallest absolute Gasteiger partial charge is 0.345 e. The second kappa shape index (κ2) is 5.36. The molecule has 0 aliphatic rings. The lowest BCUT2D eigenvalue weighted by molar-refractivity contribution is 0.0526. The zero-order valence-corrected chi connectivity index (χ0v) is 14.6. The number of benzene rings is 1. The van der Waals surface area contributed by atoms with Gasteiger partial charge in [0.05, 0.1) is 27.4 Å². The molecule has 0 radical (unpaired) electrons. The molecule has 0 amide bonds. The first-order valence-electron chi connectivity index (χ1n) is 7.43. The molecule has 1 aromatic carbocycles. The van der Waals surface area contributed by atoms with Gasteiger partial charge in [0.2, 0.25) is 5.43 Å². The number of pyridine rings is 1. The maximum absolute atomic E-state index is 12.9. The number of ether oxygens (including phenoxy) is 1. The second-order valence-corrected chi connectivity index (χ2v) is 7.06. The Balaban J connectivity index is 2.35. The van der Waals surface area contributed by atoms with Crippen LogP contribution in [0.2, 0.25) is 4.34 Å². The van der Waals surface area contributed by atoms with Crippen LogP contribution in [-0.2, 0) is 11.8 Å². The minimum atomic E-state index is -0.616. The van der Waals surface area contributed by atoms with Crippen LogP contribution in [0.25, 0.3) is 26.9 Å². The molecule has 3 aromatic heterocycles. The Morgan fingerprint density at radius 2 is 2.00 bits per heavy atom. The number of carbonyl (C=O) groups is 1. The summed E-state index contributed by atoms with van der Waals surface area (Å²) in [7, 11) is 1.83.